The summed E-state index contributed by atoms with van der Waals surface area (Å²) in [5.41, 5.74) is 5.19. The molecule has 0 saturated heterocycles. The topological polar surface area (TPSA) is 15.3 Å². The van der Waals surface area contributed by atoms with Crippen LogP contribution >= 0.6 is 83.7 Å². The van der Waals surface area contributed by atoms with Gasteiger partial charge in [-0.25, -0.2) is 0 Å². The van der Waals surface area contributed by atoms with E-state index in [1.807, 2.05) is 11.8 Å². The molecular weight excluding hydrogens is 645 g/mol. The molecule has 2 aromatic rings. The molecule has 1 heterocycles. The Bertz CT molecular complexity index is 648. The van der Waals surface area contributed by atoms with E-state index < -0.39 is 0 Å². The van der Waals surface area contributed by atoms with Crippen LogP contribution in [0.15, 0.2) is 46.2 Å². The van der Waals surface area contributed by atoms with Crippen LogP contribution in [0.1, 0.15) is 11.1 Å². The monoisotopic (exact) mass is 668 g/mol. The van der Waals surface area contributed by atoms with E-state index in [9.17, 15) is 0 Å². The highest BCUT2D eigenvalue weighted by molar-refractivity contribution is 14.0. The molecule has 0 saturated carbocycles. The highest BCUT2D eigenvalue weighted by Crippen LogP contribution is 2.45. The molecule has 23 heavy (non-hydrogen) atoms. The Balaban J connectivity index is 0.00000161. The predicted octanol–water partition coefficient (Wildman–Crippen LogP) is 6.16. The van der Waals surface area contributed by atoms with Gasteiger partial charge < -0.3 is 10.2 Å². The Morgan fingerprint density at radius 2 is 1.74 bits per heavy atom. The number of aryl methyl sites for hydroxylation is 1. The molecule has 1 aliphatic rings. The second-order valence-electron chi connectivity index (χ2n) is 5.56. The van der Waals surface area contributed by atoms with Crippen LogP contribution in [-0.2, 0) is 6.42 Å². The van der Waals surface area contributed by atoms with Gasteiger partial charge in [-0.2, -0.15) is 0 Å². The Morgan fingerprint density at radius 3 is 2.43 bits per heavy atom. The van der Waals surface area contributed by atoms with E-state index in [4.69, 9.17) is 0 Å². The van der Waals surface area contributed by atoms with Crippen molar-refractivity contribution in [2.24, 2.45) is 0 Å². The minimum Gasteiger partial charge on any atom is -0.353 e. The first kappa shape index (κ1) is 23.7. The number of benzene rings is 2. The van der Waals surface area contributed by atoms with Gasteiger partial charge in [0.25, 0.3) is 0 Å². The van der Waals surface area contributed by atoms with Crippen LogP contribution in [0, 0.1) is 6.92 Å². The van der Waals surface area contributed by atoms with Crippen molar-refractivity contribution in [3.05, 3.63) is 47.5 Å². The summed E-state index contributed by atoms with van der Waals surface area (Å²) in [5, 5.41) is 3.57. The van der Waals surface area contributed by atoms with Gasteiger partial charge >= 0.3 is 0 Å². The van der Waals surface area contributed by atoms with Crippen LogP contribution in [0.4, 0.5) is 11.4 Å². The third-order valence-electron chi connectivity index (χ3n) is 3.61. The van der Waals surface area contributed by atoms with Crippen molar-refractivity contribution in [1.82, 2.24) is 4.90 Å². The number of likely N-dealkylation sites (N-methyl/N-ethyl adjacent to an activating group) is 1. The van der Waals surface area contributed by atoms with E-state index in [0.717, 1.165) is 13.0 Å². The van der Waals surface area contributed by atoms with Crippen LogP contribution in [-0.4, -0.2) is 25.5 Å². The number of hydrogen-bond acceptors (Lipinski definition) is 3. The lowest BCUT2D eigenvalue weighted by Crippen LogP contribution is -2.15. The van der Waals surface area contributed by atoms with Crippen molar-refractivity contribution < 1.29 is 0 Å². The molecule has 6 heteroatoms. The Morgan fingerprint density at radius 1 is 1.00 bits per heavy atom. The van der Waals surface area contributed by atoms with E-state index in [0.29, 0.717) is 0 Å². The summed E-state index contributed by atoms with van der Waals surface area (Å²) in [6, 6.07) is 13.2. The molecule has 0 atom stereocenters. The van der Waals surface area contributed by atoms with Gasteiger partial charge in [0.1, 0.15) is 0 Å². The number of halogens is 3. The summed E-state index contributed by atoms with van der Waals surface area (Å²) in [4.78, 5) is 4.88. The minimum absolute atomic E-state index is 0. The minimum atomic E-state index is 0. The molecule has 2 nitrogen and oxygen atoms in total. The smallest absolute Gasteiger partial charge is 0.0556 e. The van der Waals surface area contributed by atoms with Gasteiger partial charge in [0.2, 0.25) is 0 Å². The maximum absolute atomic E-state index is 3.57. The van der Waals surface area contributed by atoms with Crippen molar-refractivity contribution in [3.8, 4) is 0 Å². The van der Waals surface area contributed by atoms with Gasteiger partial charge in [0, 0.05) is 16.3 Å². The van der Waals surface area contributed by atoms with E-state index in [-0.39, 0.29) is 71.9 Å². The summed E-state index contributed by atoms with van der Waals surface area (Å²) in [6.45, 7) is 3.25. The van der Waals surface area contributed by atoms with Crippen LogP contribution in [0.3, 0.4) is 0 Å². The predicted molar refractivity (Wildman–Crippen MR) is 134 cm³/mol. The fourth-order valence-corrected chi connectivity index (χ4v) is 3.54. The van der Waals surface area contributed by atoms with Crippen LogP contribution < -0.4 is 5.32 Å². The second-order valence-corrected chi connectivity index (χ2v) is 6.64. The zero-order chi connectivity index (χ0) is 14.1. The maximum atomic E-state index is 3.57. The first-order chi connectivity index (χ1) is 9.63. The summed E-state index contributed by atoms with van der Waals surface area (Å²) in [6.07, 6.45) is 1.10. The van der Waals surface area contributed by atoms with Gasteiger partial charge in [-0.15, -0.1) is 71.9 Å². The lowest BCUT2D eigenvalue weighted by atomic mass is 10.1. The third kappa shape index (κ3) is 5.89. The lowest BCUT2D eigenvalue weighted by Gasteiger charge is -2.23. The molecule has 1 N–H and O–H groups in total. The van der Waals surface area contributed by atoms with Crippen molar-refractivity contribution in [1.29, 1.82) is 0 Å². The fourth-order valence-electron chi connectivity index (χ4n) is 2.40. The maximum Gasteiger partial charge on any atom is 0.0556 e. The number of fused-ring (bicyclic) bond motifs is 2. The van der Waals surface area contributed by atoms with Crippen LogP contribution in [0.5, 0.6) is 0 Å². The van der Waals surface area contributed by atoms with Gasteiger partial charge in [0.15, 0.2) is 0 Å². The van der Waals surface area contributed by atoms with Crippen molar-refractivity contribution >= 4 is 95.1 Å². The first-order valence-electron chi connectivity index (χ1n) is 6.95. The molecule has 0 amide bonds. The Hall–Kier alpha value is 0.740. The summed E-state index contributed by atoms with van der Waals surface area (Å²) in [7, 11) is 4.24. The van der Waals surface area contributed by atoms with Gasteiger partial charge in [-0.1, -0.05) is 30.0 Å². The molecule has 0 radical (unpaired) electrons. The van der Waals surface area contributed by atoms with Crippen molar-refractivity contribution in [3.63, 3.8) is 0 Å². The van der Waals surface area contributed by atoms with E-state index in [1.165, 1.54) is 32.3 Å². The molecule has 0 bridgehead atoms. The molecule has 0 aliphatic carbocycles. The summed E-state index contributed by atoms with van der Waals surface area (Å²) in [5.74, 6) is 0. The number of nitrogens with zero attached hydrogens (tertiary/aromatic N) is 1. The van der Waals surface area contributed by atoms with Gasteiger partial charge in [-0.3, -0.25) is 0 Å². The van der Waals surface area contributed by atoms with Crippen molar-refractivity contribution in [2.75, 3.05) is 26.0 Å². The van der Waals surface area contributed by atoms with Gasteiger partial charge in [0.05, 0.1) is 11.4 Å². The fraction of sp³-hybridized carbons (Fsp3) is 0.294. The standard InChI is InChI=1S/C17H20N2S.3HI/c1-12-5-4-6-15-17(12)18-14-8-7-13(9-10-19(2)3)11-16(14)20-15;;;/h4-8,11,18H,9-10H2,1-3H3;3*1H. The lowest BCUT2D eigenvalue weighted by molar-refractivity contribution is 0.413. The number of rotatable bonds is 3. The largest absolute Gasteiger partial charge is 0.353 e. The molecule has 2 aromatic carbocycles. The van der Waals surface area contributed by atoms with Crippen molar-refractivity contribution in [2.45, 2.75) is 23.1 Å². The van der Waals surface area contributed by atoms with Crippen LogP contribution in [0.2, 0.25) is 0 Å². The molecule has 3 rings (SSSR count). The zero-order valence-electron chi connectivity index (χ0n) is 13.5. The number of para-hydroxylation sites is 1. The number of anilines is 2. The molecule has 0 aromatic heterocycles. The van der Waals surface area contributed by atoms with Crippen LogP contribution in [0.25, 0.3) is 0 Å². The Labute approximate surface area is 194 Å². The average molecular weight is 668 g/mol. The number of nitrogens with one attached hydrogen (secondary N) is 1. The number of hydrogen-bond donors (Lipinski definition) is 1. The second kappa shape index (κ2) is 10.7. The highest BCUT2D eigenvalue weighted by atomic mass is 127. The molecule has 0 fully saturated rings. The SMILES string of the molecule is Cc1cccc2c1Nc1ccc(CCN(C)C)cc1S2.I.I.I. The molecular formula is C17H23I3N2S. The summed E-state index contributed by atoms with van der Waals surface area (Å²) < 4.78 is 0. The Kier molecular flexibility index (Phi) is 11.0. The quantitative estimate of drug-likeness (QED) is 0.337. The summed E-state index contributed by atoms with van der Waals surface area (Å²) >= 11 is 1.87. The third-order valence-corrected chi connectivity index (χ3v) is 4.73. The van der Waals surface area contributed by atoms with E-state index in [1.54, 1.807) is 0 Å². The molecule has 1 aliphatic heterocycles. The molecule has 0 unspecified atom stereocenters. The van der Waals surface area contributed by atoms with E-state index >= 15 is 0 Å². The molecule has 128 valence electrons. The zero-order valence-corrected chi connectivity index (χ0v) is 21.3. The molecule has 0 spiro atoms. The highest BCUT2D eigenvalue weighted by Gasteiger charge is 2.17. The average Bonchev–Trinajstić information content (AvgIpc) is 2.43. The normalized spacial score (nSPS) is 11.1. The van der Waals surface area contributed by atoms with Gasteiger partial charge in [-0.05, 0) is 56.8 Å². The van der Waals surface area contributed by atoms with E-state index in [2.05, 4.69) is 67.6 Å². The first-order valence-corrected chi connectivity index (χ1v) is 7.77.